The molecule has 2 saturated heterocycles. The van der Waals surface area contributed by atoms with Gasteiger partial charge in [-0.3, -0.25) is 9.78 Å². The molecule has 2 fully saturated rings. The van der Waals surface area contributed by atoms with Crippen LogP contribution in [0.3, 0.4) is 0 Å². The van der Waals surface area contributed by atoms with Crippen LogP contribution in [-0.4, -0.2) is 54.3 Å². The van der Waals surface area contributed by atoms with Gasteiger partial charge in [0.15, 0.2) is 0 Å². The lowest BCUT2D eigenvalue weighted by Gasteiger charge is -2.44. The van der Waals surface area contributed by atoms with Crippen molar-refractivity contribution in [1.29, 1.82) is 0 Å². The Bertz CT molecular complexity index is 486. The molecule has 2 atom stereocenters. The summed E-state index contributed by atoms with van der Waals surface area (Å²) in [6.45, 7) is 2.15. The topological polar surface area (TPSA) is 51.7 Å². The summed E-state index contributed by atoms with van der Waals surface area (Å²) in [6, 6.07) is 3.80. The van der Waals surface area contributed by atoms with Crippen LogP contribution >= 0.6 is 0 Å². The molecule has 114 valence electrons. The van der Waals surface area contributed by atoms with Crippen LogP contribution in [0.2, 0.25) is 0 Å². The van der Waals surface area contributed by atoms with Crippen LogP contribution in [0, 0.1) is 0 Å². The third-order valence-electron chi connectivity index (χ3n) is 4.56. The highest BCUT2D eigenvalue weighted by molar-refractivity contribution is 5.79. The van der Waals surface area contributed by atoms with Gasteiger partial charge in [-0.2, -0.15) is 0 Å². The fraction of sp³-hybridized carbons (Fsp3) is 0.625. The molecule has 0 aromatic carbocycles. The molecule has 1 aromatic rings. The number of hydrogen-bond donors (Lipinski definition) is 0. The summed E-state index contributed by atoms with van der Waals surface area (Å²) in [5.41, 5.74) is 0.662. The monoisotopic (exact) mass is 290 g/mol. The average Bonchev–Trinajstić information content (AvgIpc) is 2.97. The van der Waals surface area contributed by atoms with Gasteiger partial charge < -0.3 is 14.4 Å². The van der Waals surface area contributed by atoms with Crippen LogP contribution < -0.4 is 0 Å². The number of ether oxygens (including phenoxy) is 2. The summed E-state index contributed by atoms with van der Waals surface area (Å²) in [5, 5.41) is 0. The number of piperidine rings is 1. The van der Waals surface area contributed by atoms with E-state index in [2.05, 4.69) is 4.98 Å². The van der Waals surface area contributed by atoms with Crippen molar-refractivity contribution in [3.05, 3.63) is 30.1 Å². The minimum Gasteiger partial charge on any atom is -0.378 e. The lowest BCUT2D eigenvalue weighted by molar-refractivity contribution is -0.160. The highest BCUT2D eigenvalue weighted by atomic mass is 16.6. The molecular weight excluding hydrogens is 268 g/mol. The van der Waals surface area contributed by atoms with E-state index < -0.39 is 0 Å². The number of carbonyl (C=O) groups excluding carboxylic acids is 1. The number of aromatic nitrogens is 1. The van der Waals surface area contributed by atoms with Crippen LogP contribution in [0.15, 0.2) is 24.5 Å². The first-order valence-corrected chi connectivity index (χ1v) is 7.57. The van der Waals surface area contributed by atoms with E-state index in [0.717, 1.165) is 38.0 Å². The first-order chi connectivity index (χ1) is 10.2. The van der Waals surface area contributed by atoms with Crippen molar-refractivity contribution in [1.82, 2.24) is 9.88 Å². The molecule has 0 unspecified atom stereocenters. The number of methoxy groups -OCH3 is 1. The largest absolute Gasteiger partial charge is 0.378 e. The Hall–Kier alpha value is -1.46. The van der Waals surface area contributed by atoms with Gasteiger partial charge in [-0.15, -0.1) is 0 Å². The summed E-state index contributed by atoms with van der Waals surface area (Å²) >= 11 is 0. The Morgan fingerprint density at radius 1 is 1.62 bits per heavy atom. The van der Waals surface area contributed by atoms with E-state index in [1.54, 1.807) is 19.5 Å². The quantitative estimate of drug-likeness (QED) is 0.845. The van der Waals surface area contributed by atoms with Crippen LogP contribution in [-0.2, 0) is 20.7 Å². The molecule has 1 amide bonds. The van der Waals surface area contributed by atoms with Gasteiger partial charge in [0.05, 0.1) is 19.1 Å². The molecule has 5 nitrogen and oxygen atoms in total. The summed E-state index contributed by atoms with van der Waals surface area (Å²) in [4.78, 5) is 18.5. The van der Waals surface area contributed by atoms with E-state index >= 15 is 0 Å². The SMILES string of the molecule is CO[C@H]1CCN(C(=O)Cc2cccnc2)C[C@@]12CCCO2. The minimum atomic E-state index is -0.294. The van der Waals surface area contributed by atoms with Gasteiger partial charge in [0.1, 0.15) is 5.60 Å². The maximum absolute atomic E-state index is 12.5. The van der Waals surface area contributed by atoms with E-state index in [4.69, 9.17) is 9.47 Å². The van der Waals surface area contributed by atoms with E-state index in [1.165, 1.54) is 0 Å². The van der Waals surface area contributed by atoms with Gasteiger partial charge >= 0.3 is 0 Å². The fourth-order valence-corrected chi connectivity index (χ4v) is 3.47. The second-order valence-electron chi connectivity index (χ2n) is 5.88. The second kappa shape index (κ2) is 6.12. The number of carbonyl (C=O) groups is 1. The molecule has 0 N–H and O–H groups in total. The van der Waals surface area contributed by atoms with Crippen molar-refractivity contribution in [3.63, 3.8) is 0 Å². The Morgan fingerprint density at radius 2 is 2.52 bits per heavy atom. The molecule has 2 aliphatic rings. The average molecular weight is 290 g/mol. The van der Waals surface area contributed by atoms with Crippen molar-refractivity contribution in [3.8, 4) is 0 Å². The minimum absolute atomic E-state index is 0.0995. The number of likely N-dealkylation sites (tertiary alicyclic amines) is 1. The van der Waals surface area contributed by atoms with Crippen LogP contribution in [0.25, 0.3) is 0 Å². The predicted octanol–water partition coefficient (Wildman–Crippen LogP) is 1.42. The molecule has 1 aromatic heterocycles. The first kappa shape index (κ1) is 14.5. The zero-order valence-corrected chi connectivity index (χ0v) is 12.5. The number of amides is 1. The number of pyridine rings is 1. The first-order valence-electron chi connectivity index (χ1n) is 7.57. The Balaban J connectivity index is 1.68. The smallest absolute Gasteiger partial charge is 0.227 e. The zero-order chi connectivity index (χ0) is 14.7. The molecule has 21 heavy (non-hydrogen) atoms. The van der Waals surface area contributed by atoms with Gasteiger partial charge in [-0.1, -0.05) is 6.07 Å². The third kappa shape index (κ3) is 2.94. The summed E-state index contributed by atoms with van der Waals surface area (Å²) in [5.74, 6) is 0.146. The Labute approximate surface area is 125 Å². The van der Waals surface area contributed by atoms with Crippen molar-refractivity contribution < 1.29 is 14.3 Å². The summed E-state index contributed by atoms with van der Waals surface area (Å²) in [7, 11) is 1.74. The molecule has 0 saturated carbocycles. The Morgan fingerprint density at radius 3 is 3.19 bits per heavy atom. The van der Waals surface area contributed by atoms with E-state index in [0.29, 0.717) is 13.0 Å². The molecule has 1 spiro atoms. The molecular formula is C16H22N2O3. The molecule has 3 rings (SSSR count). The van der Waals surface area contributed by atoms with Gasteiger partial charge in [0, 0.05) is 32.7 Å². The molecule has 0 bridgehead atoms. The molecule has 0 radical (unpaired) electrons. The molecule has 2 aliphatic heterocycles. The highest BCUT2D eigenvalue weighted by Crippen LogP contribution is 2.36. The van der Waals surface area contributed by atoms with Crippen LogP contribution in [0.4, 0.5) is 0 Å². The lowest BCUT2D eigenvalue weighted by Crippen LogP contribution is -2.58. The molecule has 5 heteroatoms. The summed E-state index contributed by atoms with van der Waals surface area (Å²) in [6.07, 6.45) is 6.84. The summed E-state index contributed by atoms with van der Waals surface area (Å²) < 4.78 is 11.6. The van der Waals surface area contributed by atoms with E-state index in [1.807, 2.05) is 17.0 Å². The third-order valence-corrected chi connectivity index (χ3v) is 4.56. The van der Waals surface area contributed by atoms with Gasteiger partial charge in [-0.25, -0.2) is 0 Å². The number of nitrogens with zero attached hydrogens (tertiary/aromatic N) is 2. The Kier molecular flexibility index (Phi) is 4.22. The van der Waals surface area contributed by atoms with Crippen molar-refractivity contribution >= 4 is 5.91 Å². The lowest BCUT2D eigenvalue weighted by atomic mass is 9.86. The fourth-order valence-electron chi connectivity index (χ4n) is 3.47. The molecule has 0 aliphatic carbocycles. The van der Waals surface area contributed by atoms with Crippen molar-refractivity contribution in [2.75, 3.05) is 26.8 Å². The second-order valence-corrected chi connectivity index (χ2v) is 5.88. The number of rotatable bonds is 3. The predicted molar refractivity (Wildman–Crippen MR) is 77.9 cm³/mol. The van der Waals surface area contributed by atoms with Crippen LogP contribution in [0.5, 0.6) is 0 Å². The van der Waals surface area contributed by atoms with Crippen LogP contribution in [0.1, 0.15) is 24.8 Å². The van der Waals surface area contributed by atoms with Crippen molar-refractivity contribution in [2.45, 2.75) is 37.4 Å². The van der Waals surface area contributed by atoms with Gasteiger partial charge in [0.25, 0.3) is 0 Å². The van der Waals surface area contributed by atoms with Crippen molar-refractivity contribution in [2.24, 2.45) is 0 Å². The van der Waals surface area contributed by atoms with E-state index in [9.17, 15) is 4.79 Å². The zero-order valence-electron chi connectivity index (χ0n) is 12.5. The maximum atomic E-state index is 12.5. The maximum Gasteiger partial charge on any atom is 0.227 e. The van der Waals surface area contributed by atoms with Gasteiger partial charge in [-0.05, 0) is 30.9 Å². The number of hydrogen-bond acceptors (Lipinski definition) is 4. The highest BCUT2D eigenvalue weighted by Gasteiger charge is 2.48. The van der Waals surface area contributed by atoms with E-state index in [-0.39, 0.29) is 17.6 Å². The standard InChI is InChI=1S/C16H22N2O3/c1-20-14-5-8-18(12-16(14)6-3-9-21-16)15(19)10-13-4-2-7-17-11-13/h2,4,7,11,14H,3,5-6,8-10,12H2,1H3/t14-,16-/m0/s1. The molecule has 3 heterocycles. The normalized spacial score (nSPS) is 29.0. The van der Waals surface area contributed by atoms with Gasteiger partial charge in [0.2, 0.25) is 5.91 Å².